The summed E-state index contributed by atoms with van der Waals surface area (Å²) in [5.41, 5.74) is 0. The Morgan fingerprint density at radius 2 is 1.91 bits per heavy atom. The van der Waals surface area contributed by atoms with Crippen LogP contribution < -0.4 is 9.47 Å². The summed E-state index contributed by atoms with van der Waals surface area (Å²) >= 11 is 0. The summed E-state index contributed by atoms with van der Waals surface area (Å²) in [7, 11) is -3.57. The SMILES string of the molecule is O=S(=O)(c1ccc2c(c1)OCCO2)N1CCn2ccnc2C1. The minimum Gasteiger partial charge on any atom is -0.486 e. The van der Waals surface area contributed by atoms with Crippen LogP contribution in [0.15, 0.2) is 35.5 Å². The van der Waals surface area contributed by atoms with E-state index in [0.717, 1.165) is 5.82 Å². The summed E-state index contributed by atoms with van der Waals surface area (Å²) in [4.78, 5) is 4.42. The van der Waals surface area contributed by atoms with Crippen LogP contribution in [0.25, 0.3) is 0 Å². The molecule has 1 aromatic carbocycles. The monoisotopic (exact) mass is 321 g/mol. The molecule has 0 amide bonds. The number of hydrogen-bond acceptors (Lipinski definition) is 5. The molecule has 7 nitrogen and oxygen atoms in total. The van der Waals surface area contributed by atoms with E-state index in [1.54, 1.807) is 18.3 Å². The molecule has 22 heavy (non-hydrogen) atoms. The van der Waals surface area contributed by atoms with Gasteiger partial charge in [0.05, 0.1) is 11.4 Å². The molecule has 0 radical (unpaired) electrons. The van der Waals surface area contributed by atoms with Crippen molar-refractivity contribution < 1.29 is 17.9 Å². The van der Waals surface area contributed by atoms with Crippen LogP contribution >= 0.6 is 0 Å². The standard InChI is InChI=1S/C14H15N3O4S/c18-22(19,17-6-5-16-4-3-15-14(16)10-17)11-1-2-12-13(9-11)21-8-7-20-12/h1-4,9H,5-8,10H2. The number of imidazole rings is 1. The molecule has 0 N–H and O–H groups in total. The Kier molecular flexibility index (Phi) is 3.08. The van der Waals surface area contributed by atoms with Gasteiger partial charge in [0.15, 0.2) is 11.5 Å². The predicted molar refractivity (Wildman–Crippen MR) is 77.3 cm³/mol. The number of nitrogens with zero attached hydrogens (tertiary/aromatic N) is 3. The molecule has 2 aromatic rings. The molecule has 0 saturated carbocycles. The van der Waals surface area contributed by atoms with E-state index in [1.807, 2.05) is 10.8 Å². The zero-order valence-corrected chi connectivity index (χ0v) is 12.6. The van der Waals surface area contributed by atoms with E-state index in [0.29, 0.717) is 37.8 Å². The normalized spacial score (nSPS) is 18.0. The van der Waals surface area contributed by atoms with Crippen LogP contribution in [0.1, 0.15) is 5.82 Å². The average Bonchev–Trinajstić information content (AvgIpc) is 3.02. The lowest BCUT2D eigenvalue weighted by molar-refractivity contribution is 0.171. The van der Waals surface area contributed by atoms with Gasteiger partial charge in [-0.15, -0.1) is 0 Å². The van der Waals surface area contributed by atoms with Gasteiger partial charge < -0.3 is 14.0 Å². The summed E-state index contributed by atoms with van der Waals surface area (Å²) < 4.78 is 39.9. The lowest BCUT2D eigenvalue weighted by atomic mass is 10.3. The maximum atomic E-state index is 12.8. The fourth-order valence-electron chi connectivity index (χ4n) is 2.69. The summed E-state index contributed by atoms with van der Waals surface area (Å²) in [5, 5.41) is 0. The zero-order valence-electron chi connectivity index (χ0n) is 11.8. The quantitative estimate of drug-likeness (QED) is 0.820. The number of hydrogen-bond donors (Lipinski definition) is 0. The van der Waals surface area contributed by atoms with Crippen molar-refractivity contribution in [2.75, 3.05) is 19.8 Å². The van der Waals surface area contributed by atoms with E-state index in [2.05, 4.69) is 4.98 Å². The van der Waals surface area contributed by atoms with Gasteiger partial charge in [-0.2, -0.15) is 4.31 Å². The smallest absolute Gasteiger partial charge is 0.243 e. The minimum atomic E-state index is -3.57. The topological polar surface area (TPSA) is 73.7 Å². The summed E-state index contributed by atoms with van der Waals surface area (Å²) in [5.74, 6) is 1.82. The first-order chi connectivity index (χ1) is 10.6. The number of aromatic nitrogens is 2. The largest absolute Gasteiger partial charge is 0.486 e. The highest BCUT2D eigenvalue weighted by Crippen LogP contribution is 2.33. The van der Waals surface area contributed by atoms with Gasteiger partial charge in [0.25, 0.3) is 0 Å². The van der Waals surface area contributed by atoms with Crippen molar-refractivity contribution in [3.63, 3.8) is 0 Å². The molecule has 2 aliphatic heterocycles. The second kappa shape index (κ2) is 4.99. The third-order valence-corrected chi connectivity index (χ3v) is 5.70. The Morgan fingerprint density at radius 1 is 1.09 bits per heavy atom. The molecular formula is C14H15N3O4S. The molecule has 116 valence electrons. The number of benzene rings is 1. The van der Waals surface area contributed by atoms with Crippen molar-refractivity contribution >= 4 is 10.0 Å². The van der Waals surface area contributed by atoms with Crippen LogP contribution in [0.4, 0.5) is 0 Å². The molecule has 0 bridgehead atoms. The van der Waals surface area contributed by atoms with E-state index < -0.39 is 10.0 Å². The number of rotatable bonds is 2. The Bertz CT molecular complexity index is 815. The third-order valence-electron chi connectivity index (χ3n) is 3.86. The lowest BCUT2D eigenvalue weighted by Gasteiger charge is -2.27. The molecule has 1 aromatic heterocycles. The molecule has 0 saturated heterocycles. The Balaban J connectivity index is 1.66. The van der Waals surface area contributed by atoms with Gasteiger partial charge in [0, 0.05) is 31.5 Å². The van der Waals surface area contributed by atoms with Gasteiger partial charge >= 0.3 is 0 Å². The van der Waals surface area contributed by atoms with Crippen LogP contribution in [-0.2, 0) is 23.1 Å². The second-order valence-corrected chi connectivity index (χ2v) is 7.12. The fraction of sp³-hybridized carbons (Fsp3) is 0.357. The fourth-order valence-corrected chi connectivity index (χ4v) is 4.09. The van der Waals surface area contributed by atoms with Crippen molar-refractivity contribution in [3.8, 4) is 11.5 Å². The maximum absolute atomic E-state index is 12.8. The molecule has 0 spiro atoms. The first-order valence-corrected chi connectivity index (χ1v) is 8.48. The minimum absolute atomic E-state index is 0.219. The Labute approximate surface area is 128 Å². The highest BCUT2D eigenvalue weighted by molar-refractivity contribution is 7.89. The summed E-state index contributed by atoms with van der Waals surface area (Å²) in [6.07, 6.45) is 3.55. The second-order valence-electron chi connectivity index (χ2n) is 5.18. The van der Waals surface area contributed by atoms with Crippen LogP contribution in [0.3, 0.4) is 0 Å². The molecular weight excluding hydrogens is 306 g/mol. The van der Waals surface area contributed by atoms with E-state index in [1.165, 1.54) is 10.4 Å². The molecule has 0 fully saturated rings. The van der Waals surface area contributed by atoms with Crippen molar-refractivity contribution in [2.24, 2.45) is 0 Å². The maximum Gasteiger partial charge on any atom is 0.243 e. The van der Waals surface area contributed by atoms with Crippen molar-refractivity contribution in [3.05, 3.63) is 36.4 Å². The van der Waals surface area contributed by atoms with Gasteiger partial charge in [-0.3, -0.25) is 0 Å². The van der Waals surface area contributed by atoms with Crippen LogP contribution in [-0.4, -0.2) is 42.0 Å². The molecule has 3 heterocycles. The number of fused-ring (bicyclic) bond motifs is 2. The number of ether oxygens (including phenoxy) is 2. The van der Waals surface area contributed by atoms with E-state index in [-0.39, 0.29) is 11.4 Å². The Hall–Kier alpha value is -2.06. The first-order valence-electron chi connectivity index (χ1n) is 7.04. The van der Waals surface area contributed by atoms with Crippen molar-refractivity contribution in [2.45, 2.75) is 18.0 Å². The van der Waals surface area contributed by atoms with Crippen LogP contribution in [0.5, 0.6) is 11.5 Å². The van der Waals surface area contributed by atoms with Crippen molar-refractivity contribution in [1.82, 2.24) is 13.9 Å². The van der Waals surface area contributed by atoms with Crippen molar-refractivity contribution in [1.29, 1.82) is 0 Å². The summed E-state index contributed by atoms with van der Waals surface area (Å²) in [6.45, 7) is 2.23. The lowest BCUT2D eigenvalue weighted by Crippen LogP contribution is -2.38. The van der Waals surface area contributed by atoms with Crippen LogP contribution in [0.2, 0.25) is 0 Å². The third kappa shape index (κ3) is 2.15. The summed E-state index contributed by atoms with van der Waals surface area (Å²) in [6, 6.07) is 4.74. The number of sulfonamides is 1. The van der Waals surface area contributed by atoms with Crippen LogP contribution in [0, 0.1) is 0 Å². The predicted octanol–water partition coefficient (Wildman–Crippen LogP) is 0.859. The molecule has 0 unspecified atom stereocenters. The molecule has 2 aliphatic rings. The highest BCUT2D eigenvalue weighted by atomic mass is 32.2. The van der Waals surface area contributed by atoms with Gasteiger partial charge in [-0.05, 0) is 12.1 Å². The van der Waals surface area contributed by atoms with E-state index in [4.69, 9.17) is 9.47 Å². The molecule has 0 aliphatic carbocycles. The highest BCUT2D eigenvalue weighted by Gasteiger charge is 2.30. The van der Waals surface area contributed by atoms with Gasteiger partial charge in [-0.25, -0.2) is 13.4 Å². The van der Waals surface area contributed by atoms with Gasteiger partial charge in [0.1, 0.15) is 19.0 Å². The van der Waals surface area contributed by atoms with Gasteiger partial charge in [0.2, 0.25) is 10.0 Å². The molecule has 8 heteroatoms. The zero-order chi connectivity index (χ0) is 15.2. The Morgan fingerprint density at radius 3 is 2.77 bits per heavy atom. The van der Waals surface area contributed by atoms with E-state index in [9.17, 15) is 8.42 Å². The van der Waals surface area contributed by atoms with Gasteiger partial charge in [-0.1, -0.05) is 0 Å². The first kappa shape index (κ1) is 13.6. The average molecular weight is 321 g/mol. The molecule has 4 rings (SSSR count). The van der Waals surface area contributed by atoms with E-state index >= 15 is 0 Å². The molecule has 0 atom stereocenters.